The van der Waals surface area contributed by atoms with Gasteiger partial charge >= 0.3 is 5.97 Å². The molecule has 0 saturated heterocycles. The molecule has 0 bridgehead atoms. The number of thiophene rings is 1. The summed E-state index contributed by atoms with van der Waals surface area (Å²) in [7, 11) is 0. The van der Waals surface area contributed by atoms with Gasteiger partial charge in [-0.2, -0.15) is 4.98 Å². The number of carboxylic acids is 1. The van der Waals surface area contributed by atoms with Crippen molar-refractivity contribution < 1.29 is 14.4 Å². The molecule has 6 nitrogen and oxygen atoms in total. The Morgan fingerprint density at radius 3 is 2.90 bits per heavy atom. The second-order valence-corrected chi connectivity index (χ2v) is 6.20. The number of rotatable bonds is 5. The summed E-state index contributed by atoms with van der Waals surface area (Å²) in [5.41, 5.74) is 0. The van der Waals surface area contributed by atoms with E-state index in [1.54, 1.807) is 11.3 Å². The first-order valence-corrected chi connectivity index (χ1v) is 7.93. The molecule has 3 rings (SSSR count). The Hall–Kier alpha value is -1.73. The van der Waals surface area contributed by atoms with E-state index >= 15 is 0 Å². The number of nitrogens with one attached hydrogen (secondary N) is 1. The van der Waals surface area contributed by atoms with E-state index in [4.69, 9.17) is 9.63 Å². The maximum Gasteiger partial charge on any atom is 0.306 e. The Bertz CT molecular complexity index is 588. The lowest BCUT2D eigenvalue weighted by Gasteiger charge is -2.26. The highest BCUT2D eigenvalue weighted by Crippen LogP contribution is 2.25. The fraction of sp³-hybridized carbons (Fsp3) is 0.500. The third-order valence-electron chi connectivity index (χ3n) is 3.83. The van der Waals surface area contributed by atoms with Crippen molar-refractivity contribution in [3.05, 3.63) is 23.4 Å². The maximum atomic E-state index is 10.9. The van der Waals surface area contributed by atoms with Crippen LogP contribution in [-0.2, 0) is 11.3 Å². The van der Waals surface area contributed by atoms with Crippen LogP contribution in [0, 0.1) is 5.92 Å². The van der Waals surface area contributed by atoms with E-state index in [9.17, 15) is 4.79 Å². The van der Waals surface area contributed by atoms with Gasteiger partial charge in [0, 0.05) is 6.04 Å². The standard InChI is InChI=1S/C14H17N3O3S/c18-14(19)9-3-5-10(6-4-9)15-8-12-16-13(17-20-12)11-2-1-7-21-11/h1-2,7,9-10,15H,3-6,8H2,(H,18,19). The molecular weight excluding hydrogens is 290 g/mol. The largest absolute Gasteiger partial charge is 0.481 e. The van der Waals surface area contributed by atoms with Crippen LogP contribution in [0.4, 0.5) is 0 Å². The molecule has 0 atom stereocenters. The number of carboxylic acid groups (broad SMARTS) is 1. The number of aromatic nitrogens is 2. The predicted octanol–water partition coefficient (Wildman–Crippen LogP) is 2.53. The average Bonchev–Trinajstić information content (AvgIpc) is 3.16. The number of hydrogen-bond acceptors (Lipinski definition) is 6. The van der Waals surface area contributed by atoms with Crippen molar-refractivity contribution in [2.45, 2.75) is 38.3 Å². The maximum absolute atomic E-state index is 10.9. The van der Waals surface area contributed by atoms with Crippen molar-refractivity contribution in [2.24, 2.45) is 5.92 Å². The zero-order valence-electron chi connectivity index (χ0n) is 11.5. The highest BCUT2D eigenvalue weighted by Gasteiger charge is 2.25. The Kier molecular flexibility index (Phi) is 4.31. The van der Waals surface area contributed by atoms with E-state index in [1.165, 1.54) is 0 Å². The van der Waals surface area contributed by atoms with Crippen LogP contribution < -0.4 is 5.32 Å². The van der Waals surface area contributed by atoms with Gasteiger partial charge in [-0.15, -0.1) is 11.3 Å². The van der Waals surface area contributed by atoms with Gasteiger partial charge in [-0.25, -0.2) is 0 Å². The van der Waals surface area contributed by atoms with Crippen LogP contribution in [0.3, 0.4) is 0 Å². The molecule has 1 aliphatic rings. The Labute approximate surface area is 126 Å². The van der Waals surface area contributed by atoms with Gasteiger partial charge in [-0.1, -0.05) is 11.2 Å². The normalized spacial score (nSPS) is 22.3. The lowest BCUT2D eigenvalue weighted by atomic mass is 9.86. The molecule has 0 aromatic carbocycles. The lowest BCUT2D eigenvalue weighted by Crippen LogP contribution is -2.34. The van der Waals surface area contributed by atoms with Crippen molar-refractivity contribution in [1.29, 1.82) is 0 Å². The van der Waals surface area contributed by atoms with Crippen molar-refractivity contribution >= 4 is 17.3 Å². The molecule has 2 aromatic heterocycles. The SMILES string of the molecule is O=C(O)C1CCC(NCc2nc(-c3cccs3)no2)CC1. The first kappa shape index (κ1) is 14.2. The zero-order chi connectivity index (χ0) is 14.7. The minimum absolute atomic E-state index is 0.183. The summed E-state index contributed by atoms with van der Waals surface area (Å²) in [4.78, 5) is 16.3. The van der Waals surface area contributed by atoms with Crippen molar-refractivity contribution in [3.8, 4) is 10.7 Å². The number of carbonyl (C=O) groups is 1. The van der Waals surface area contributed by atoms with Gasteiger partial charge in [0.2, 0.25) is 11.7 Å². The molecule has 1 fully saturated rings. The average molecular weight is 307 g/mol. The quantitative estimate of drug-likeness (QED) is 0.882. The molecule has 0 unspecified atom stereocenters. The van der Waals surface area contributed by atoms with Gasteiger partial charge in [0.05, 0.1) is 17.3 Å². The molecule has 0 aliphatic heterocycles. The van der Waals surface area contributed by atoms with Crippen LogP contribution in [0.25, 0.3) is 10.7 Å². The molecule has 2 N–H and O–H groups in total. The first-order chi connectivity index (χ1) is 10.2. The predicted molar refractivity (Wildman–Crippen MR) is 77.8 cm³/mol. The monoisotopic (exact) mass is 307 g/mol. The van der Waals surface area contributed by atoms with Gasteiger partial charge in [-0.3, -0.25) is 4.79 Å². The summed E-state index contributed by atoms with van der Waals surface area (Å²) in [5, 5.41) is 18.3. The van der Waals surface area contributed by atoms with E-state index in [2.05, 4.69) is 15.5 Å². The molecule has 21 heavy (non-hydrogen) atoms. The fourth-order valence-corrected chi connectivity index (χ4v) is 3.26. The highest BCUT2D eigenvalue weighted by atomic mass is 32.1. The van der Waals surface area contributed by atoms with E-state index in [-0.39, 0.29) is 5.92 Å². The Balaban J connectivity index is 1.49. The molecule has 0 spiro atoms. The minimum Gasteiger partial charge on any atom is -0.481 e. The topological polar surface area (TPSA) is 88.2 Å². The number of hydrogen-bond donors (Lipinski definition) is 2. The van der Waals surface area contributed by atoms with Crippen LogP contribution in [0.1, 0.15) is 31.6 Å². The molecule has 2 heterocycles. The molecular formula is C14H17N3O3S. The molecule has 0 amide bonds. The van der Waals surface area contributed by atoms with Gasteiger partial charge < -0.3 is 14.9 Å². The summed E-state index contributed by atoms with van der Waals surface area (Å²) in [6.45, 7) is 0.529. The van der Waals surface area contributed by atoms with Crippen LogP contribution in [0.2, 0.25) is 0 Å². The number of nitrogens with zero attached hydrogens (tertiary/aromatic N) is 2. The van der Waals surface area contributed by atoms with Gasteiger partial charge in [-0.05, 0) is 37.1 Å². The van der Waals surface area contributed by atoms with Crippen LogP contribution in [0.5, 0.6) is 0 Å². The summed E-state index contributed by atoms with van der Waals surface area (Å²) in [6, 6.07) is 4.24. The molecule has 1 saturated carbocycles. The molecule has 2 aromatic rings. The van der Waals surface area contributed by atoms with E-state index in [0.29, 0.717) is 24.3 Å². The zero-order valence-corrected chi connectivity index (χ0v) is 12.3. The van der Waals surface area contributed by atoms with Crippen molar-refractivity contribution in [3.63, 3.8) is 0 Å². The summed E-state index contributed by atoms with van der Waals surface area (Å²) in [6.07, 6.45) is 3.22. The van der Waals surface area contributed by atoms with E-state index in [0.717, 1.165) is 30.6 Å². The van der Waals surface area contributed by atoms with E-state index in [1.807, 2.05) is 17.5 Å². The molecule has 1 aliphatic carbocycles. The van der Waals surface area contributed by atoms with Gasteiger partial charge in [0.15, 0.2) is 0 Å². The first-order valence-electron chi connectivity index (χ1n) is 7.05. The second-order valence-electron chi connectivity index (χ2n) is 5.26. The summed E-state index contributed by atoms with van der Waals surface area (Å²) < 4.78 is 5.23. The highest BCUT2D eigenvalue weighted by molar-refractivity contribution is 7.13. The van der Waals surface area contributed by atoms with Gasteiger partial charge in [0.25, 0.3) is 0 Å². The third-order valence-corrected chi connectivity index (χ3v) is 4.69. The van der Waals surface area contributed by atoms with Crippen molar-refractivity contribution in [1.82, 2.24) is 15.5 Å². The van der Waals surface area contributed by atoms with Crippen LogP contribution >= 0.6 is 11.3 Å². The Morgan fingerprint density at radius 2 is 2.24 bits per heavy atom. The van der Waals surface area contributed by atoms with Crippen LogP contribution in [0.15, 0.2) is 22.0 Å². The van der Waals surface area contributed by atoms with E-state index < -0.39 is 5.97 Å². The number of aliphatic carboxylic acids is 1. The summed E-state index contributed by atoms with van der Waals surface area (Å²) >= 11 is 1.58. The molecule has 112 valence electrons. The molecule has 0 radical (unpaired) electrons. The third kappa shape index (κ3) is 3.48. The van der Waals surface area contributed by atoms with Gasteiger partial charge in [0.1, 0.15) is 0 Å². The van der Waals surface area contributed by atoms with Crippen LogP contribution in [-0.4, -0.2) is 27.3 Å². The fourth-order valence-electron chi connectivity index (χ4n) is 2.61. The second kappa shape index (κ2) is 6.36. The molecule has 7 heteroatoms. The lowest BCUT2D eigenvalue weighted by molar-refractivity contribution is -0.142. The minimum atomic E-state index is -0.675. The smallest absolute Gasteiger partial charge is 0.306 e. The Morgan fingerprint density at radius 1 is 1.43 bits per heavy atom. The summed E-state index contributed by atoms with van der Waals surface area (Å²) in [5.74, 6) is 0.331. The van der Waals surface area contributed by atoms with Crippen molar-refractivity contribution in [2.75, 3.05) is 0 Å².